The van der Waals surface area contributed by atoms with Crippen LogP contribution in [0.15, 0.2) is 18.3 Å². The van der Waals surface area contributed by atoms with Gasteiger partial charge in [0.1, 0.15) is 0 Å². The van der Waals surface area contributed by atoms with Crippen LogP contribution in [0.25, 0.3) is 0 Å². The van der Waals surface area contributed by atoms with Crippen molar-refractivity contribution < 1.29 is 4.79 Å². The summed E-state index contributed by atoms with van der Waals surface area (Å²) in [7, 11) is 0. The molecule has 18 heavy (non-hydrogen) atoms. The van der Waals surface area contributed by atoms with E-state index in [1.54, 1.807) is 6.20 Å². The van der Waals surface area contributed by atoms with Gasteiger partial charge in [-0.1, -0.05) is 13.8 Å². The molecule has 2 atom stereocenters. The minimum absolute atomic E-state index is 0.101. The van der Waals surface area contributed by atoms with Crippen LogP contribution in [0.3, 0.4) is 0 Å². The highest BCUT2D eigenvalue weighted by Crippen LogP contribution is 2.17. The van der Waals surface area contributed by atoms with Gasteiger partial charge in [-0.15, -0.1) is 0 Å². The lowest BCUT2D eigenvalue weighted by atomic mass is 10.1. The number of nitrogens with zero attached hydrogens (tertiary/aromatic N) is 2. The van der Waals surface area contributed by atoms with E-state index in [0.29, 0.717) is 0 Å². The van der Waals surface area contributed by atoms with Crippen LogP contribution < -0.4 is 0 Å². The second-order valence-electron chi connectivity index (χ2n) is 4.86. The van der Waals surface area contributed by atoms with Crippen LogP contribution in [-0.4, -0.2) is 27.9 Å². The number of amides is 1. The van der Waals surface area contributed by atoms with Crippen molar-refractivity contribution in [3.05, 3.63) is 29.6 Å². The maximum Gasteiger partial charge on any atom is 0.256 e. The van der Waals surface area contributed by atoms with Crippen LogP contribution in [-0.2, 0) is 0 Å². The van der Waals surface area contributed by atoms with Crippen molar-refractivity contribution in [3.63, 3.8) is 0 Å². The summed E-state index contributed by atoms with van der Waals surface area (Å²) in [6.07, 6.45) is 3.66. The van der Waals surface area contributed by atoms with E-state index >= 15 is 0 Å². The van der Waals surface area contributed by atoms with Gasteiger partial charge in [0.25, 0.3) is 5.91 Å². The third kappa shape index (κ3) is 3.09. The van der Waals surface area contributed by atoms with Crippen LogP contribution in [0.4, 0.5) is 0 Å². The number of pyridine rings is 1. The quantitative estimate of drug-likeness (QED) is 0.800. The predicted molar refractivity (Wildman–Crippen MR) is 74.6 cm³/mol. The van der Waals surface area contributed by atoms with Crippen molar-refractivity contribution >= 4 is 5.91 Å². The highest BCUT2D eigenvalue weighted by Gasteiger charge is 2.25. The molecule has 0 aromatic carbocycles. The Hall–Kier alpha value is -1.38. The predicted octanol–water partition coefficient (Wildman–Crippen LogP) is 3.43. The molecule has 1 heterocycles. The topological polar surface area (TPSA) is 33.2 Å². The lowest BCUT2D eigenvalue weighted by Crippen LogP contribution is -2.44. The summed E-state index contributed by atoms with van der Waals surface area (Å²) in [4.78, 5) is 18.8. The first-order valence-electron chi connectivity index (χ1n) is 6.77. The third-order valence-electron chi connectivity index (χ3n) is 3.60. The number of rotatable bonds is 5. The fourth-order valence-corrected chi connectivity index (χ4v) is 2.08. The summed E-state index contributed by atoms with van der Waals surface area (Å²) in [5, 5.41) is 0. The van der Waals surface area contributed by atoms with Crippen molar-refractivity contribution in [1.82, 2.24) is 9.88 Å². The first-order chi connectivity index (χ1) is 8.52. The van der Waals surface area contributed by atoms with Gasteiger partial charge in [0.05, 0.1) is 5.56 Å². The molecule has 0 radical (unpaired) electrons. The van der Waals surface area contributed by atoms with Crippen LogP contribution in [0, 0.1) is 6.92 Å². The molecule has 0 aliphatic rings. The van der Waals surface area contributed by atoms with E-state index in [1.165, 1.54) is 0 Å². The molecule has 3 heteroatoms. The van der Waals surface area contributed by atoms with Crippen molar-refractivity contribution in [3.8, 4) is 0 Å². The molecule has 0 aliphatic heterocycles. The molecule has 100 valence electrons. The summed E-state index contributed by atoms with van der Waals surface area (Å²) in [6, 6.07) is 4.20. The Bertz CT molecular complexity index is 393. The number of aromatic nitrogens is 1. The number of hydrogen-bond donors (Lipinski definition) is 0. The van der Waals surface area contributed by atoms with Gasteiger partial charge in [-0.25, -0.2) is 0 Å². The summed E-state index contributed by atoms with van der Waals surface area (Å²) < 4.78 is 0. The van der Waals surface area contributed by atoms with E-state index in [9.17, 15) is 4.79 Å². The van der Waals surface area contributed by atoms with Gasteiger partial charge in [-0.05, 0) is 45.7 Å². The van der Waals surface area contributed by atoms with Crippen LogP contribution in [0.1, 0.15) is 56.6 Å². The molecule has 0 N–H and O–H groups in total. The Kier molecular flexibility index (Phi) is 5.32. The van der Waals surface area contributed by atoms with Crippen LogP contribution in [0.2, 0.25) is 0 Å². The second kappa shape index (κ2) is 6.53. The summed E-state index contributed by atoms with van der Waals surface area (Å²) in [6.45, 7) is 10.3. The standard InChI is InChI=1S/C15H24N2O/c1-6-11(3)17(12(4)7-2)15(18)14-9-8-10-16-13(14)5/h8-12H,6-7H2,1-5H3/t11-,12-/m0/s1. The molecule has 0 unspecified atom stereocenters. The third-order valence-corrected chi connectivity index (χ3v) is 3.60. The highest BCUT2D eigenvalue weighted by atomic mass is 16.2. The Morgan fingerprint density at radius 3 is 2.28 bits per heavy atom. The van der Waals surface area contributed by atoms with Crippen molar-refractivity contribution in [2.24, 2.45) is 0 Å². The SMILES string of the molecule is CC[C@H](C)N(C(=O)c1cccnc1C)[C@@H](C)CC. The molecular formula is C15H24N2O. The lowest BCUT2D eigenvalue weighted by Gasteiger charge is -2.34. The number of carbonyl (C=O) groups excluding carboxylic acids is 1. The highest BCUT2D eigenvalue weighted by molar-refractivity contribution is 5.95. The molecule has 1 amide bonds. The first-order valence-corrected chi connectivity index (χ1v) is 6.77. The summed E-state index contributed by atoms with van der Waals surface area (Å²) >= 11 is 0. The zero-order valence-corrected chi connectivity index (χ0v) is 12.1. The summed E-state index contributed by atoms with van der Waals surface area (Å²) in [5.74, 6) is 0.101. The number of hydrogen-bond acceptors (Lipinski definition) is 2. The average Bonchev–Trinajstić information content (AvgIpc) is 2.38. The number of carbonyl (C=O) groups is 1. The van der Waals surface area contributed by atoms with Gasteiger partial charge in [0, 0.05) is 24.0 Å². The monoisotopic (exact) mass is 248 g/mol. The van der Waals surface area contributed by atoms with Gasteiger partial charge in [0.15, 0.2) is 0 Å². The minimum atomic E-state index is 0.101. The van der Waals surface area contributed by atoms with E-state index in [-0.39, 0.29) is 18.0 Å². The minimum Gasteiger partial charge on any atom is -0.333 e. The van der Waals surface area contributed by atoms with E-state index < -0.39 is 0 Å². The zero-order valence-electron chi connectivity index (χ0n) is 12.1. The molecule has 3 nitrogen and oxygen atoms in total. The molecule has 0 spiro atoms. The maximum atomic E-state index is 12.7. The van der Waals surface area contributed by atoms with Gasteiger partial charge < -0.3 is 4.90 Å². The zero-order chi connectivity index (χ0) is 13.7. The maximum absolute atomic E-state index is 12.7. The van der Waals surface area contributed by atoms with E-state index in [2.05, 4.69) is 32.7 Å². The Morgan fingerprint density at radius 2 is 1.83 bits per heavy atom. The Morgan fingerprint density at radius 1 is 1.28 bits per heavy atom. The fourth-order valence-electron chi connectivity index (χ4n) is 2.08. The molecule has 0 bridgehead atoms. The molecule has 0 saturated carbocycles. The smallest absolute Gasteiger partial charge is 0.256 e. The first kappa shape index (κ1) is 14.7. The molecule has 0 saturated heterocycles. The molecule has 1 aromatic rings. The largest absolute Gasteiger partial charge is 0.333 e. The lowest BCUT2D eigenvalue weighted by molar-refractivity contribution is 0.0597. The Balaban J connectivity index is 3.07. The normalized spacial score (nSPS) is 14.1. The van der Waals surface area contributed by atoms with Gasteiger partial charge in [-0.2, -0.15) is 0 Å². The van der Waals surface area contributed by atoms with Crippen molar-refractivity contribution in [2.45, 2.75) is 59.5 Å². The molecule has 1 aromatic heterocycles. The average molecular weight is 248 g/mol. The molecule has 0 fully saturated rings. The van der Waals surface area contributed by atoms with Crippen LogP contribution >= 0.6 is 0 Å². The molecule has 0 aliphatic carbocycles. The van der Waals surface area contributed by atoms with Gasteiger partial charge in [-0.3, -0.25) is 9.78 Å². The van der Waals surface area contributed by atoms with E-state index in [4.69, 9.17) is 0 Å². The van der Waals surface area contributed by atoms with Crippen molar-refractivity contribution in [1.29, 1.82) is 0 Å². The van der Waals surface area contributed by atoms with E-state index in [0.717, 1.165) is 24.1 Å². The van der Waals surface area contributed by atoms with Gasteiger partial charge >= 0.3 is 0 Å². The molecule has 1 rings (SSSR count). The number of aryl methyl sites for hydroxylation is 1. The second-order valence-corrected chi connectivity index (χ2v) is 4.86. The van der Waals surface area contributed by atoms with E-state index in [1.807, 2.05) is 24.0 Å². The molecular weight excluding hydrogens is 224 g/mol. The van der Waals surface area contributed by atoms with Gasteiger partial charge in [0.2, 0.25) is 0 Å². The van der Waals surface area contributed by atoms with Crippen molar-refractivity contribution in [2.75, 3.05) is 0 Å². The van der Waals surface area contributed by atoms with Crippen LogP contribution in [0.5, 0.6) is 0 Å². The Labute approximate surface area is 110 Å². The fraction of sp³-hybridized carbons (Fsp3) is 0.600. The summed E-state index contributed by atoms with van der Waals surface area (Å²) in [5.41, 5.74) is 1.53.